The quantitative estimate of drug-likeness (QED) is 0.134. The molecule has 0 aliphatic rings. The maximum atomic E-state index is 12.0. The van der Waals surface area contributed by atoms with Gasteiger partial charge in [-0.15, -0.1) is 0 Å². The molecule has 16 heteroatoms. The molecule has 0 saturated heterocycles. The molecule has 0 spiro atoms. The van der Waals surface area contributed by atoms with Gasteiger partial charge >= 0.3 is 0 Å². The van der Waals surface area contributed by atoms with Gasteiger partial charge < -0.3 is 19.7 Å². The molecule has 0 unspecified atom stereocenters. The van der Waals surface area contributed by atoms with Gasteiger partial charge in [0, 0.05) is 10.7 Å². The average molecular weight is 711 g/mol. The van der Waals surface area contributed by atoms with Crippen LogP contribution < -0.4 is 0 Å². The summed E-state index contributed by atoms with van der Waals surface area (Å²) in [6.07, 6.45) is 0. The van der Waals surface area contributed by atoms with Crippen LogP contribution in [0.3, 0.4) is 0 Å². The molecule has 0 aliphatic heterocycles. The normalized spacial score (nSPS) is 11.6. The molecule has 0 amide bonds. The molecule has 0 radical (unpaired) electrons. The minimum atomic E-state index is -3.84. The first-order valence-electron chi connectivity index (χ1n) is 13.4. The first-order valence-corrected chi connectivity index (χ1v) is 18.6. The van der Waals surface area contributed by atoms with E-state index >= 15 is 0 Å². The minimum absolute atomic E-state index is 0.0149. The van der Waals surface area contributed by atoms with Crippen LogP contribution in [-0.2, 0) is 47.1 Å². The number of halogens is 1. The van der Waals surface area contributed by atoms with Gasteiger partial charge in [-0.2, -0.15) is 16.8 Å². The maximum Gasteiger partial charge on any atom is 0.297 e. The molecule has 0 bridgehead atoms. The molecule has 0 aromatic heterocycles. The lowest BCUT2D eigenvalue weighted by Crippen LogP contribution is -2.15. The Kier molecular flexibility index (Phi) is 18.6. The number of aryl methyl sites for hydroxylation is 3. The Bertz CT molecular complexity index is 1490. The smallest absolute Gasteiger partial charge is 0.297 e. The summed E-state index contributed by atoms with van der Waals surface area (Å²) in [7, 11) is -6.14. The fraction of sp³-hybridized carbons (Fsp3) is 0.379. The standard InChI is InChI=1S/C18H22O7S2.C7H7ClO2S.C4H10O3/c1-15-3-7-17(8-4-15)26(19,20)24-13-11-23-12-14-25-27(21,22)18-9-5-16(2)6-10-18;1-6-2-4-7(5-3-6)11(8,9)10;5-1-3-7-4-2-6/h3-10H,11-14H2,1-2H3;2-5H,1H3;5-6H,1-4H2. The molecule has 3 aromatic rings. The van der Waals surface area contributed by atoms with Crippen molar-refractivity contribution in [2.24, 2.45) is 0 Å². The Morgan fingerprint density at radius 1 is 0.489 bits per heavy atom. The first kappa shape index (κ1) is 40.6. The highest BCUT2D eigenvalue weighted by Gasteiger charge is 2.16. The molecule has 0 fully saturated rings. The highest BCUT2D eigenvalue weighted by molar-refractivity contribution is 8.13. The summed E-state index contributed by atoms with van der Waals surface area (Å²) < 4.78 is 88.8. The van der Waals surface area contributed by atoms with Crippen molar-refractivity contribution in [1.29, 1.82) is 0 Å². The van der Waals surface area contributed by atoms with Crippen molar-refractivity contribution < 1.29 is 53.3 Å². The lowest BCUT2D eigenvalue weighted by Gasteiger charge is -2.08. The van der Waals surface area contributed by atoms with Crippen LogP contribution in [0, 0.1) is 20.8 Å². The lowest BCUT2D eigenvalue weighted by atomic mass is 10.2. The van der Waals surface area contributed by atoms with Crippen LogP contribution in [0.5, 0.6) is 0 Å². The van der Waals surface area contributed by atoms with Gasteiger partial charge in [0.15, 0.2) is 0 Å². The highest BCUT2D eigenvalue weighted by Crippen LogP contribution is 2.15. The topological polar surface area (TPSA) is 180 Å². The summed E-state index contributed by atoms with van der Waals surface area (Å²) in [4.78, 5) is 0.283. The largest absolute Gasteiger partial charge is 0.394 e. The van der Waals surface area contributed by atoms with Crippen molar-refractivity contribution in [3.05, 3.63) is 89.5 Å². The SMILES string of the molecule is Cc1ccc(S(=O)(=O)Cl)cc1.Cc1ccc(S(=O)(=O)OCCOCCOS(=O)(=O)c2ccc(C)cc2)cc1.OCCOCCO. The van der Waals surface area contributed by atoms with Crippen LogP contribution in [0.2, 0.25) is 0 Å². The van der Waals surface area contributed by atoms with E-state index in [4.69, 9.17) is 34.0 Å². The molecule has 0 heterocycles. The van der Waals surface area contributed by atoms with Gasteiger partial charge in [-0.1, -0.05) is 53.1 Å². The summed E-state index contributed by atoms with van der Waals surface area (Å²) in [5, 5.41) is 16.2. The van der Waals surface area contributed by atoms with Crippen molar-refractivity contribution in [2.45, 2.75) is 35.5 Å². The van der Waals surface area contributed by atoms with Crippen LogP contribution in [-0.4, -0.2) is 88.3 Å². The maximum absolute atomic E-state index is 12.0. The Morgan fingerprint density at radius 3 is 1.07 bits per heavy atom. The van der Waals surface area contributed by atoms with Gasteiger partial charge in [0.05, 0.1) is 67.5 Å². The van der Waals surface area contributed by atoms with Crippen LogP contribution >= 0.6 is 10.7 Å². The highest BCUT2D eigenvalue weighted by atomic mass is 35.7. The molecule has 0 saturated carbocycles. The fourth-order valence-corrected chi connectivity index (χ4v) is 5.54. The first-order chi connectivity index (χ1) is 21.1. The Labute approximate surface area is 270 Å². The lowest BCUT2D eigenvalue weighted by molar-refractivity contribution is 0.0650. The zero-order chi connectivity index (χ0) is 33.9. The van der Waals surface area contributed by atoms with Crippen LogP contribution in [0.1, 0.15) is 16.7 Å². The van der Waals surface area contributed by atoms with Crippen LogP contribution in [0.25, 0.3) is 0 Å². The van der Waals surface area contributed by atoms with Gasteiger partial charge in [-0.3, -0.25) is 8.37 Å². The van der Waals surface area contributed by atoms with Crippen LogP contribution in [0.4, 0.5) is 0 Å². The second-order valence-corrected chi connectivity index (χ2v) is 14.9. The predicted octanol–water partition coefficient (Wildman–Crippen LogP) is 3.34. The molecule has 2 N–H and O–H groups in total. The zero-order valence-electron chi connectivity index (χ0n) is 25.2. The average Bonchev–Trinajstić information content (AvgIpc) is 2.98. The third-order valence-electron chi connectivity index (χ3n) is 5.33. The van der Waals surface area contributed by atoms with Gasteiger partial charge in [0.2, 0.25) is 0 Å². The monoisotopic (exact) mass is 710 g/mol. The number of aliphatic hydroxyl groups is 2. The number of benzene rings is 3. The molecule has 0 aliphatic carbocycles. The van der Waals surface area contributed by atoms with Gasteiger partial charge in [-0.25, -0.2) is 8.42 Å². The van der Waals surface area contributed by atoms with Gasteiger partial charge in [0.1, 0.15) is 0 Å². The fourth-order valence-electron chi connectivity index (χ4n) is 2.99. The van der Waals surface area contributed by atoms with E-state index in [9.17, 15) is 25.3 Å². The van der Waals surface area contributed by atoms with E-state index in [0.717, 1.165) is 16.7 Å². The van der Waals surface area contributed by atoms with E-state index in [2.05, 4.69) is 4.74 Å². The molecule has 3 rings (SSSR count). The third-order valence-corrected chi connectivity index (χ3v) is 9.35. The summed E-state index contributed by atoms with van der Waals surface area (Å²) in [5.41, 5.74) is 2.89. The van der Waals surface area contributed by atoms with E-state index in [-0.39, 0.29) is 54.3 Å². The van der Waals surface area contributed by atoms with E-state index in [0.29, 0.717) is 13.2 Å². The Balaban J connectivity index is 0.000000458. The summed E-state index contributed by atoms with van der Waals surface area (Å²) in [6.45, 7) is 5.89. The van der Waals surface area contributed by atoms with Crippen molar-refractivity contribution in [1.82, 2.24) is 0 Å². The van der Waals surface area contributed by atoms with E-state index in [1.54, 1.807) is 36.4 Å². The molecule has 252 valence electrons. The van der Waals surface area contributed by atoms with E-state index < -0.39 is 29.3 Å². The Hall–Kier alpha value is -2.44. The van der Waals surface area contributed by atoms with Crippen molar-refractivity contribution in [3.63, 3.8) is 0 Å². The van der Waals surface area contributed by atoms with Crippen LogP contribution in [0.15, 0.2) is 87.5 Å². The second-order valence-electron chi connectivity index (χ2n) is 9.10. The van der Waals surface area contributed by atoms with Crippen molar-refractivity contribution in [2.75, 3.05) is 52.9 Å². The number of aliphatic hydroxyl groups excluding tert-OH is 2. The second kappa shape index (κ2) is 20.6. The molecule has 0 atom stereocenters. The summed E-state index contributed by atoms with van der Waals surface area (Å²) in [6, 6.07) is 19.0. The molecule has 3 aromatic carbocycles. The molecule has 12 nitrogen and oxygen atoms in total. The third kappa shape index (κ3) is 17.2. The zero-order valence-corrected chi connectivity index (χ0v) is 28.4. The number of ether oxygens (including phenoxy) is 2. The molecular weight excluding hydrogens is 672 g/mol. The minimum Gasteiger partial charge on any atom is -0.394 e. The summed E-state index contributed by atoms with van der Waals surface area (Å²) >= 11 is 0. The summed E-state index contributed by atoms with van der Waals surface area (Å²) in [5.74, 6) is 0. The van der Waals surface area contributed by atoms with Gasteiger partial charge in [0.25, 0.3) is 29.3 Å². The Morgan fingerprint density at radius 2 is 0.778 bits per heavy atom. The van der Waals surface area contributed by atoms with Gasteiger partial charge in [-0.05, 0) is 57.2 Å². The van der Waals surface area contributed by atoms with Crippen molar-refractivity contribution >= 4 is 40.0 Å². The number of rotatable bonds is 15. The van der Waals surface area contributed by atoms with Crippen molar-refractivity contribution in [3.8, 4) is 0 Å². The molecular formula is C29H39ClO12S3. The van der Waals surface area contributed by atoms with E-state index in [1.807, 2.05) is 20.8 Å². The van der Waals surface area contributed by atoms with E-state index in [1.165, 1.54) is 36.4 Å². The number of hydrogen-bond acceptors (Lipinski definition) is 12. The number of hydrogen-bond donors (Lipinski definition) is 2. The predicted molar refractivity (Wildman–Crippen MR) is 169 cm³/mol. The molecule has 45 heavy (non-hydrogen) atoms.